The minimum absolute atomic E-state index is 0.128. The van der Waals surface area contributed by atoms with Crippen LogP contribution in [0.1, 0.15) is 37.6 Å². The third-order valence-corrected chi connectivity index (χ3v) is 3.84. The highest BCUT2D eigenvalue weighted by molar-refractivity contribution is 5.23. The molecule has 0 aliphatic heterocycles. The van der Waals surface area contributed by atoms with Gasteiger partial charge in [-0.25, -0.2) is 4.39 Å². The summed E-state index contributed by atoms with van der Waals surface area (Å²) in [5.74, 6) is 0.658. The maximum absolute atomic E-state index is 14.2. The molecular weight excluding hydrogens is 267 g/mol. The van der Waals surface area contributed by atoms with Gasteiger partial charge in [0.25, 0.3) is 0 Å². The fourth-order valence-electron chi connectivity index (χ4n) is 2.65. The molecule has 0 radical (unpaired) electrons. The molecular formula is C17H23FN2O. The number of nitrogens with two attached hydrogens (primary N) is 1. The molecule has 1 aromatic heterocycles. The second-order valence-corrected chi connectivity index (χ2v) is 5.18. The van der Waals surface area contributed by atoms with Gasteiger partial charge < -0.3 is 10.2 Å². The van der Waals surface area contributed by atoms with Crippen LogP contribution in [-0.2, 0) is 6.54 Å². The van der Waals surface area contributed by atoms with Crippen molar-refractivity contribution in [2.75, 3.05) is 6.54 Å². The van der Waals surface area contributed by atoms with Gasteiger partial charge in [0.1, 0.15) is 11.6 Å². The molecule has 0 bridgehead atoms. The van der Waals surface area contributed by atoms with E-state index in [4.69, 9.17) is 10.2 Å². The number of halogens is 1. The van der Waals surface area contributed by atoms with Crippen LogP contribution in [0, 0.1) is 5.82 Å². The summed E-state index contributed by atoms with van der Waals surface area (Å²) >= 11 is 0. The third kappa shape index (κ3) is 3.71. The molecule has 0 amide bonds. The summed E-state index contributed by atoms with van der Waals surface area (Å²) in [5.41, 5.74) is 6.94. The van der Waals surface area contributed by atoms with Crippen molar-refractivity contribution in [2.45, 2.75) is 38.9 Å². The zero-order valence-electron chi connectivity index (χ0n) is 12.6. The van der Waals surface area contributed by atoms with Crippen molar-refractivity contribution in [1.82, 2.24) is 4.90 Å². The molecule has 0 aliphatic rings. The molecule has 0 saturated carbocycles. The number of hydrogen-bond donors (Lipinski definition) is 1. The van der Waals surface area contributed by atoms with Crippen molar-refractivity contribution in [3.8, 4) is 0 Å². The van der Waals surface area contributed by atoms with Crippen molar-refractivity contribution >= 4 is 0 Å². The van der Waals surface area contributed by atoms with E-state index in [-0.39, 0.29) is 17.9 Å². The Balaban J connectivity index is 2.31. The van der Waals surface area contributed by atoms with E-state index in [1.165, 1.54) is 6.07 Å². The highest BCUT2D eigenvalue weighted by Gasteiger charge is 2.27. The molecule has 0 saturated heterocycles. The van der Waals surface area contributed by atoms with Gasteiger partial charge in [-0.2, -0.15) is 0 Å². The molecule has 0 fully saturated rings. The maximum Gasteiger partial charge on any atom is 0.128 e. The summed E-state index contributed by atoms with van der Waals surface area (Å²) in [4.78, 5) is 2.16. The highest BCUT2D eigenvalue weighted by Crippen LogP contribution is 2.28. The first kappa shape index (κ1) is 15.7. The van der Waals surface area contributed by atoms with Crippen molar-refractivity contribution in [3.05, 3.63) is 59.8 Å². The SMILES string of the molecule is CCC(N)C(c1ccccc1F)N(CC)Cc1ccco1. The van der Waals surface area contributed by atoms with E-state index >= 15 is 0 Å². The molecule has 1 aromatic carbocycles. The lowest BCUT2D eigenvalue weighted by Crippen LogP contribution is -2.41. The molecule has 2 unspecified atom stereocenters. The first-order chi connectivity index (χ1) is 10.2. The summed E-state index contributed by atoms with van der Waals surface area (Å²) in [6, 6.07) is 10.4. The first-order valence-corrected chi connectivity index (χ1v) is 7.43. The number of furan rings is 1. The van der Waals surface area contributed by atoms with Gasteiger partial charge in [0, 0.05) is 11.6 Å². The zero-order valence-corrected chi connectivity index (χ0v) is 12.6. The Morgan fingerprint density at radius 1 is 1.19 bits per heavy atom. The van der Waals surface area contributed by atoms with Crippen LogP contribution in [0.4, 0.5) is 4.39 Å². The van der Waals surface area contributed by atoms with Crippen LogP contribution in [-0.4, -0.2) is 17.5 Å². The fourth-order valence-corrected chi connectivity index (χ4v) is 2.65. The molecule has 2 N–H and O–H groups in total. The van der Waals surface area contributed by atoms with Gasteiger partial charge in [0.15, 0.2) is 0 Å². The summed E-state index contributed by atoms with van der Waals surface area (Å²) in [6.45, 7) is 5.47. The lowest BCUT2D eigenvalue weighted by Gasteiger charge is -2.34. The van der Waals surface area contributed by atoms with E-state index in [9.17, 15) is 4.39 Å². The second kappa shape index (κ2) is 7.38. The van der Waals surface area contributed by atoms with E-state index in [1.807, 2.05) is 31.2 Å². The quantitative estimate of drug-likeness (QED) is 0.845. The lowest BCUT2D eigenvalue weighted by atomic mass is 9.95. The van der Waals surface area contributed by atoms with E-state index in [0.717, 1.165) is 18.7 Å². The molecule has 3 nitrogen and oxygen atoms in total. The Labute approximate surface area is 125 Å². The van der Waals surface area contributed by atoms with E-state index in [2.05, 4.69) is 11.8 Å². The van der Waals surface area contributed by atoms with Crippen molar-refractivity contribution in [1.29, 1.82) is 0 Å². The molecule has 1 heterocycles. The van der Waals surface area contributed by atoms with Crippen LogP contribution in [0.3, 0.4) is 0 Å². The van der Waals surface area contributed by atoms with Crippen LogP contribution in [0.5, 0.6) is 0 Å². The Morgan fingerprint density at radius 2 is 1.95 bits per heavy atom. The molecule has 21 heavy (non-hydrogen) atoms. The summed E-state index contributed by atoms with van der Waals surface area (Å²) in [7, 11) is 0. The Morgan fingerprint density at radius 3 is 2.52 bits per heavy atom. The van der Waals surface area contributed by atoms with Gasteiger partial charge in [-0.15, -0.1) is 0 Å². The molecule has 114 valence electrons. The van der Waals surface area contributed by atoms with Crippen LogP contribution in [0.25, 0.3) is 0 Å². The number of benzene rings is 1. The standard InChI is InChI=1S/C17H23FN2O/c1-3-16(19)17(14-9-5-6-10-15(14)18)20(4-2)12-13-8-7-11-21-13/h5-11,16-17H,3-4,12,19H2,1-2H3. The number of nitrogens with zero attached hydrogens (tertiary/aromatic N) is 1. The zero-order chi connectivity index (χ0) is 15.2. The first-order valence-electron chi connectivity index (χ1n) is 7.43. The fraction of sp³-hybridized carbons (Fsp3) is 0.412. The van der Waals surface area contributed by atoms with Gasteiger partial charge in [0.05, 0.1) is 18.8 Å². The summed E-state index contributed by atoms with van der Waals surface area (Å²) in [5, 5.41) is 0. The molecule has 4 heteroatoms. The van der Waals surface area contributed by atoms with Crippen LogP contribution in [0.15, 0.2) is 47.1 Å². The Bertz CT molecular complexity index is 541. The van der Waals surface area contributed by atoms with Gasteiger partial charge in [-0.1, -0.05) is 32.0 Å². The van der Waals surface area contributed by atoms with Gasteiger partial charge in [-0.05, 0) is 31.2 Å². The number of likely N-dealkylation sites (N-methyl/N-ethyl adjacent to an activating group) is 1. The van der Waals surface area contributed by atoms with Crippen LogP contribution < -0.4 is 5.73 Å². The highest BCUT2D eigenvalue weighted by atomic mass is 19.1. The predicted molar refractivity (Wildman–Crippen MR) is 82.2 cm³/mol. The Hall–Kier alpha value is -1.65. The minimum atomic E-state index is -0.204. The molecule has 2 rings (SSSR count). The second-order valence-electron chi connectivity index (χ2n) is 5.18. The van der Waals surface area contributed by atoms with Gasteiger partial charge >= 0.3 is 0 Å². The molecule has 0 aliphatic carbocycles. The third-order valence-electron chi connectivity index (χ3n) is 3.84. The molecule has 0 spiro atoms. The molecule has 2 aromatic rings. The van der Waals surface area contributed by atoms with E-state index in [1.54, 1.807) is 12.3 Å². The van der Waals surface area contributed by atoms with E-state index in [0.29, 0.717) is 12.1 Å². The van der Waals surface area contributed by atoms with Gasteiger partial charge in [-0.3, -0.25) is 4.90 Å². The monoisotopic (exact) mass is 290 g/mol. The summed E-state index contributed by atoms with van der Waals surface area (Å²) in [6.07, 6.45) is 2.44. The van der Waals surface area contributed by atoms with E-state index < -0.39 is 0 Å². The average Bonchev–Trinajstić information content (AvgIpc) is 3.01. The summed E-state index contributed by atoms with van der Waals surface area (Å²) < 4.78 is 19.6. The number of rotatable bonds is 7. The maximum atomic E-state index is 14.2. The average molecular weight is 290 g/mol. The van der Waals surface area contributed by atoms with Crippen LogP contribution >= 0.6 is 0 Å². The molecule has 2 atom stereocenters. The Kier molecular flexibility index (Phi) is 5.53. The van der Waals surface area contributed by atoms with Crippen molar-refractivity contribution in [3.63, 3.8) is 0 Å². The number of hydrogen-bond acceptors (Lipinski definition) is 3. The predicted octanol–water partition coefficient (Wildman–Crippen LogP) is 3.72. The van der Waals surface area contributed by atoms with Crippen LogP contribution in [0.2, 0.25) is 0 Å². The lowest BCUT2D eigenvalue weighted by molar-refractivity contribution is 0.154. The van der Waals surface area contributed by atoms with Crippen molar-refractivity contribution in [2.24, 2.45) is 5.73 Å². The normalized spacial score (nSPS) is 14.3. The topological polar surface area (TPSA) is 42.4 Å². The largest absolute Gasteiger partial charge is 0.468 e. The minimum Gasteiger partial charge on any atom is -0.468 e. The van der Waals surface area contributed by atoms with Crippen molar-refractivity contribution < 1.29 is 8.81 Å². The smallest absolute Gasteiger partial charge is 0.128 e. The van der Waals surface area contributed by atoms with Gasteiger partial charge in [0.2, 0.25) is 0 Å².